The molecule has 0 fully saturated rings. The van der Waals surface area contributed by atoms with Crippen LogP contribution in [0.3, 0.4) is 0 Å². The third-order valence-electron chi connectivity index (χ3n) is 11.1. The van der Waals surface area contributed by atoms with Crippen LogP contribution in [0.1, 0.15) is 187 Å². The lowest BCUT2D eigenvalue weighted by Crippen LogP contribution is -2.45. The van der Waals surface area contributed by atoms with E-state index in [1.54, 1.807) is 6.08 Å². The van der Waals surface area contributed by atoms with Crippen LogP contribution in [0.4, 0.5) is 0 Å². The number of rotatable bonds is 47. The molecule has 0 aliphatic rings. The topological polar surface area (TPSA) is 108 Å². The van der Waals surface area contributed by atoms with Gasteiger partial charge in [0.1, 0.15) is 13.2 Å². The van der Waals surface area contributed by atoms with Crippen molar-refractivity contribution in [3.05, 3.63) is 134 Å². The second-order valence-electron chi connectivity index (χ2n) is 18.8. The minimum atomic E-state index is -4.60. The van der Waals surface area contributed by atoms with Gasteiger partial charge in [-0.05, 0) is 96.3 Å². The molecule has 0 radical (unpaired) electrons. The molecule has 392 valence electrons. The van der Waals surface area contributed by atoms with Crippen molar-refractivity contribution in [2.24, 2.45) is 0 Å². The molecule has 0 saturated carbocycles. The summed E-state index contributed by atoms with van der Waals surface area (Å²) >= 11 is 0. The summed E-state index contributed by atoms with van der Waals surface area (Å²) in [5.41, 5.74) is 0. The third kappa shape index (κ3) is 52.3. The molecule has 0 aliphatic carbocycles. The number of carbonyl (C=O) groups excluding carboxylic acids is 1. The Hall–Kier alpha value is -3.36. The van der Waals surface area contributed by atoms with Crippen molar-refractivity contribution in [3.8, 4) is 0 Å². The number of nitrogens with one attached hydrogen (secondary N) is 1. The molecule has 9 heteroatoms. The summed E-state index contributed by atoms with van der Waals surface area (Å²) in [6.07, 6.45) is 75.6. The number of hydrogen-bond acceptors (Lipinski definition) is 6. The number of nitrogens with zero attached hydrogens (tertiary/aromatic N) is 1. The summed E-state index contributed by atoms with van der Waals surface area (Å²) in [5, 5.41) is 13.7. The Labute approximate surface area is 424 Å². The van der Waals surface area contributed by atoms with Crippen LogP contribution < -0.4 is 10.2 Å². The number of aliphatic hydroxyl groups excluding tert-OH is 1. The van der Waals surface area contributed by atoms with Crippen molar-refractivity contribution >= 4 is 13.7 Å². The van der Waals surface area contributed by atoms with Gasteiger partial charge >= 0.3 is 0 Å². The molecule has 2 N–H and O–H groups in total. The van der Waals surface area contributed by atoms with Gasteiger partial charge in [-0.1, -0.05) is 218 Å². The van der Waals surface area contributed by atoms with Crippen LogP contribution in [-0.2, 0) is 18.4 Å². The monoisotopic (exact) mass is 977 g/mol. The molecule has 0 aromatic heterocycles. The second-order valence-corrected chi connectivity index (χ2v) is 20.2. The van der Waals surface area contributed by atoms with Crippen molar-refractivity contribution in [2.75, 3.05) is 40.9 Å². The maximum Gasteiger partial charge on any atom is 0.268 e. The average molecular weight is 977 g/mol. The van der Waals surface area contributed by atoms with Gasteiger partial charge in [0.05, 0.1) is 39.9 Å². The van der Waals surface area contributed by atoms with Crippen LogP contribution in [0.25, 0.3) is 0 Å². The predicted molar refractivity (Wildman–Crippen MR) is 297 cm³/mol. The quantitative estimate of drug-likeness (QED) is 0.0272. The van der Waals surface area contributed by atoms with Gasteiger partial charge in [-0.15, -0.1) is 0 Å². The van der Waals surface area contributed by atoms with Crippen LogP contribution in [0.2, 0.25) is 0 Å². The number of aliphatic hydroxyl groups is 1. The maximum absolute atomic E-state index is 12.9. The fourth-order valence-corrected chi connectivity index (χ4v) is 7.57. The minimum absolute atomic E-state index is 0.0136. The Balaban J connectivity index is 4.01. The first kappa shape index (κ1) is 65.6. The summed E-state index contributed by atoms with van der Waals surface area (Å²) in [6.45, 7) is 4.40. The second kappa shape index (κ2) is 49.6. The first-order valence-electron chi connectivity index (χ1n) is 27.0. The van der Waals surface area contributed by atoms with E-state index in [0.29, 0.717) is 17.4 Å². The Morgan fingerprint density at radius 3 is 1.35 bits per heavy atom. The number of allylic oxidation sites excluding steroid dienone is 21. The number of phosphoric acid groups is 1. The Morgan fingerprint density at radius 2 is 0.899 bits per heavy atom. The zero-order chi connectivity index (χ0) is 50.6. The molecule has 0 rings (SSSR count). The lowest BCUT2D eigenvalue weighted by atomic mass is 10.0. The fraction of sp³-hybridized carbons (Fsp3) is 0.617. The Kier molecular flexibility index (Phi) is 47.2. The molecule has 0 aromatic rings. The van der Waals surface area contributed by atoms with Gasteiger partial charge in [0.25, 0.3) is 7.82 Å². The molecule has 1 amide bonds. The number of carbonyl (C=O) groups is 1. The highest BCUT2D eigenvalue weighted by molar-refractivity contribution is 7.45. The molecular weight excluding hydrogens is 876 g/mol. The van der Waals surface area contributed by atoms with E-state index >= 15 is 0 Å². The Bertz CT molecular complexity index is 1580. The molecule has 8 nitrogen and oxygen atoms in total. The predicted octanol–water partition coefficient (Wildman–Crippen LogP) is 15.7. The van der Waals surface area contributed by atoms with Crippen molar-refractivity contribution < 1.29 is 32.9 Å². The van der Waals surface area contributed by atoms with E-state index in [-0.39, 0.29) is 12.5 Å². The fourth-order valence-electron chi connectivity index (χ4n) is 6.85. The highest BCUT2D eigenvalue weighted by atomic mass is 31.2. The van der Waals surface area contributed by atoms with Crippen molar-refractivity contribution in [3.63, 3.8) is 0 Å². The SMILES string of the molecule is CC/C=C\C/C=C\C/C=C\C/C=C\C/C=C\C/C=C\C/C=C\C/C=C\C/C=C\CCCCCCCCCCCCCC(=O)NC(COP(=O)([O-])OCC[N+](C)(C)C)C(O)/C=C/CC/C=C/CCCC. The molecule has 69 heavy (non-hydrogen) atoms. The lowest BCUT2D eigenvalue weighted by molar-refractivity contribution is -0.870. The van der Waals surface area contributed by atoms with Gasteiger partial charge < -0.3 is 28.8 Å². The third-order valence-corrected chi connectivity index (χ3v) is 12.1. The van der Waals surface area contributed by atoms with E-state index in [9.17, 15) is 19.4 Å². The average Bonchev–Trinajstić information content (AvgIpc) is 3.31. The Morgan fingerprint density at radius 1 is 0.522 bits per heavy atom. The van der Waals surface area contributed by atoms with Crippen molar-refractivity contribution in [2.45, 2.75) is 199 Å². The van der Waals surface area contributed by atoms with Crippen molar-refractivity contribution in [1.29, 1.82) is 0 Å². The largest absolute Gasteiger partial charge is 0.756 e. The van der Waals surface area contributed by atoms with E-state index in [1.165, 1.54) is 57.8 Å². The van der Waals surface area contributed by atoms with Gasteiger partial charge in [-0.2, -0.15) is 0 Å². The molecule has 0 aliphatic heterocycles. The number of phosphoric ester groups is 1. The van der Waals surface area contributed by atoms with Gasteiger partial charge in [0.2, 0.25) is 5.91 Å². The number of amides is 1. The highest BCUT2D eigenvalue weighted by Crippen LogP contribution is 2.38. The normalized spacial score (nSPS) is 15.1. The van der Waals surface area contributed by atoms with Crippen LogP contribution in [0.15, 0.2) is 134 Å². The molecule has 0 saturated heterocycles. The van der Waals surface area contributed by atoms with E-state index in [1.807, 2.05) is 27.2 Å². The van der Waals surface area contributed by atoms with Gasteiger partial charge in [0, 0.05) is 6.42 Å². The minimum Gasteiger partial charge on any atom is -0.756 e. The van der Waals surface area contributed by atoms with Crippen LogP contribution in [0.5, 0.6) is 0 Å². The van der Waals surface area contributed by atoms with E-state index in [4.69, 9.17) is 9.05 Å². The van der Waals surface area contributed by atoms with Gasteiger partial charge in [-0.3, -0.25) is 9.36 Å². The zero-order valence-corrected chi connectivity index (χ0v) is 45.3. The van der Waals surface area contributed by atoms with E-state index in [0.717, 1.165) is 109 Å². The van der Waals surface area contributed by atoms with Crippen LogP contribution in [0, 0.1) is 0 Å². The molecular formula is C60H101N2O6P. The highest BCUT2D eigenvalue weighted by Gasteiger charge is 2.23. The molecule has 0 bridgehead atoms. The molecule has 0 spiro atoms. The van der Waals surface area contributed by atoms with Crippen LogP contribution >= 0.6 is 7.82 Å². The van der Waals surface area contributed by atoms with Gasteiger partial charge in [-0.25, -0.2) is 0 Å². The number of unbranched alkanes of at least 4 members (excludes halogenated alkanes) is 14. The molecule has 3 unspecified atom stereocenters. The lowest BCUT2D eigenvalue weighted by Gasteiger charge is -2.29. The van der Waals surface area contributed by atoms with E-state index in [2.05, 4.69) is 141 Å². The summed E-state index contributed by atoms with van der Waals surface area (Å²) in [4.78, 5) is 25.3. The first-order chi connectivity index (χ1) is 33.5. The van der Waals surface area contributed by atoms with Gasteiger partial charge in [0.15, 0.2) is 0 Å². The summed E-state index contributed by atoms with van der Waals surface area (Å²) in [7, 11) is 1.22. The maximum atomic E-state index is 12.9. The number of quaternary nitrogens is 1. The van der Waals surface area contributed by atoms with Crippen molar-refractivity contribution in [1.82, 2.24) is 5.32 Å². The van der Waals surface area contributed by atoms with E-state index < -0.39 is 26.6 Å². The number of hydrogen-bond donors (Lipinski definition) is 2. The number of likely N-dealkylation sites (N-methyl/N-ethyl adjacent to an activating group) is 1. The first-order valence-corrected chi connectivity index (χ1v) is 28.5. The summed E-state index contributed by atoms with van der Waals surface area (Å²) in [5.74, 6) is -0.221. The molecule has 3 atom stereocenters. The smallest absolute Gasteiger partial charge is 0.268 e. The molecule has 0 heterocycles. The molecule has 0 aromatic carbocycles. The summed E-state index contributed by atoms with van der Waals surface area (Å²) in [6, 6.07) is -0.910. The summed E-state index contributed by atoms with van der Waals surface area (Å²) < 4.78 is 23.1. The van der Waals surface area contributed by atoms with Crippen LogP contribution in [-0.4, -0.2) is 68.5 Å². The zero-order valence-electron chi connectivity index (χ0n) is 44.5. The standard InChI is InChI=1S/C60H101N2O6P/c1-6-8-10-12-14-16-17-18-19-20-21-22-23-24-25-26-27-28-29-30-31-32-33-34-35-36-37-38-39-40-41-42-43-44-45-46-48-50-52-54-60(64)61-58(57-68-69(65,66)67-56-55-62(3,4)5)59(63)53-51-49-47-15-13-11-9-7-2/h8,10,13-16,18-19,21-22,24-25,27-28,30-31,33-34,36-37,51,53,58-59,63H,6-7,9,11-12,17,20,23,26,29,32,35,38-50,52,54-57H2,1-5H3,(H-,61,64,65,66)/b10-8-,15-13+,16-14-,19-18-,22-21-,25-24-,28-27-,31-30-,34-33-,37-36-,53-51+.